The Balaban J connectivity index is 2.19. The van der Waals surface area contributed by atoms with E-state index in [9.17, 15) is 0 Å². The number of fused-ring (bicyclic) bond motifs is 1. The van der Waals surface area contributed by atoms with Gasteiger partial charge in [-0.3, -0.25) is 4.98 Å². The molecular formula is C11H6BrN3O. The van der Waals surface area contributed by atoms with Gasteiger partial charge in [-0.1, -0.05) is 6.07 Å². The molecule has 0 aliphatic carbocycles. The van der Waals surface area contributed by atoms with Crippen LogP contribution in [0.3, 0.4) is 0 Å². The lowest BCUT2D eigenvalue weighted by Gasteiger charge is -1.90. The normalized spacial score (nSPS) is 10.8. The van der Waals surface area contributed by atoms with Crippen LogP contribution in [0.15, 0.2) is 45.5 Å². The van der Waals surface area contributed by atoms with Crippen LogP contribution >= 0.6 is 15.9 Å². The summed E-state index contributed by atoms with van der Waals surface area (Å²) in [7, 11) is 0. The second kappa shape index (κ2) is 3.68. The van der Waals surface area contributed by atoms with Gasteiger partial charge in [0, 0.05) is 16.9 Å². The zero-order valence-electron chi connectivity index (χ0n) is 8.09. The minimum absolute atomic E-state index is 0.487. The number of rotatable bonds is 1. The van der Waals surface area contributed by atoms with Crippen molar-refractivity contribution in [1.82, 2.24) is 15.0 Å². The maximum absolute atomic E-state index is 5.50. The summed E-state index contributed by atoms with van der Waals surface area (Å²) in [4.78, 5) is 12.6. The summed E-state index contributed by atoms with van der Waals surface area (Å²) in [5, 5.41) is 0. The second-order valence-electron chi connectivity index (χ2n) is 3.21. The number of oxazole rings is 1. The van der Waals surface area contributed by atoms with Crippen molar-refractivity contribution in [2.24, 2.45) is 0 Å². The topological polar surface area (TPSA) is 51.8 Å². The average Bonchev–Trinajstić information content (AvgIpc) is 2.73. The molecule has 0 saturated heterocycles. The molecule has 3 rings (SSSR count). The highest BCUT2D eigenvalue weighted by Crippen LogP contribution is 2.22. The van der Waals surface area contributed by atoms with Gasteiger partial charge in [-0.2, -0.15) is 0 Å². The van der Waals surface area contributed by atoms with E-state index < -0.39 is 0 Å². The number of hydrogen-bond acceptors (Lipinski definition) is 4. The largest absolute Gasteiger partial charge is 0.416 e. The molecule has 0 unspecified atom stereocenters. The summed E-state index contributed by atoms with van der Waals surface area (Å²) < 4.78 is 6.38. The molecule has 0 bridgehead atoms. The fourth-order valence-electron chi connectivity index (χ4n) is 1.40. The van der Waals surface area contributed by atoms with Crippen LogP contribution in [0.1, 0.15) is 0 Å². The lowest BCUT2D eigenvalue weighted by atomic mass is 10.3. The van der Waals surface area contributed by atoms with Crippen molar-refractivity contribution in [2.45, 2.75) is 0 Å². The van der Waals surface area contributed by atoms with Crippen molar-refractivity contribution in [2.75, 3.05) is 0 Å². The summed E-state index contributed by atoms with van der Waals surface area (Å²) in [5.74, 6) is 0.487. The number of aromatic nitrogens is 3. The van der Waals surface area contributed by atoms with E-state index in [0.29, 0.717) is 17.3 Å². The Morgan fingerprint density at radius 1 is 1.19 bits per heavy atom. The number of pyridine rings is 2. The maximum Gasteiger partial charge on any atom is 0.248 e. The predicted octanol–water partition coefficient (Wildman–Crippen LogP) is 3.05. The van der Waals surface area contributed by atoms with Gasteiger partial charge in [-0.15, -0.1) is 0 Å². The van der Waals surface area contributed by atoms with Crippen LogP contribution in [0.4, 0.5) is 0 Å². The summed E-state index contributed by atoms with van der Waals surface area (Å²) in [5.41, 5.74) is 1.94. The zero-order chi connectivity index (χ0) is 11.0. The molecule has 16 heavy (non-hydrogen) atoms. The van der Waals surface area contributed by atoms with Crippen LogP contribution in [0.25, 0.3) is 22.8 Å². The van der Waals surface area contributed by atoms with Crippen LogP contribution in [0.2, 0.25) is 0 Å². The van der Waals surface area contributed by atoms with Crippen LogP contribution in [-0.4, -0.2) is 15.0 Å². The SMILES string of the molecule is Brc1cnc2oc(-c3ccccn3)nc2c1. The first-order chi connectivity index (χ1) is 7.83. The average molecular weight is 276 g/mol. The Bertz CT molecular complexity index is 636. The van der Waals surface area contributed by atoms with Gasteiger partial charge in [0.2, 0.25) is 11.6 Å². The Kier molecular flexibility index (Phi) is 2.18. The molecule has 3 aromatic heterocycles. The van der Waals surface area contributed by atoms with Crippen LogP contribution in [0.5, 0.6) is 0 Å². The fourth-order valence-corrected chi connectivity index (χ4v) is 1.72. The fraction of sp³-hybridized carbons (Fsp3) is 0. The number of hydrogen-bond donors (Lipinski definition) is 0. The van der Waals surface area contributed by atoms with Gasteiger partial charge >= 0.3 is 0 Å². The van der Waals surface area contributed by atoms with Crippen molar-refractivity contribution >= 4 is 27.2 Å². The molecule has 0 aliphatic heterocycles. The van der Waals surface area contributed by atoms with Crippen molar-refractivity contribution in [3.05, 3.63) is 41.1 Å². The molecule has 0 saturated carbocycles. The van der Waals surface area contributed by atoms with Gasteiger partial charge in [-0.25, -0.2) is 9.97 Å². The zero-order valence-corrected chi connectivity index (χ0v) is 9.68. The van der Waals surface area contributed by atoms with E-state index >= 15 is 0 Å². The third kappa shape index (κ3) is 1.59. The van der Waals surface area contributed by atoms with E-state index in [0.717, 1.165) is 9.99 Å². The molecule has 0 aromatic carbocycles. The van der Waals surface area contributed by atoms with E-state index in [2.05, 4.69) is 30.9 Å². The molecule has 0 aliphatic rings. The smallest absolute Gasteiger partial charge is 0.248 e. The minimum atomic E-state index is 0.487. The third-order valence-electron chi connectivity index (χ3n) is 2.10. The van der Waals surface area contributed by atoms with Crippen molar-refractivity contribution in [3.8, 4) is 11.6 Å². The van der Waals surface area contributed by atoms with Crippen LogP contribution in [0, 0.1) is 0 Å². The van der Waals surface area contributed by atoms with Crippen molar-refractivity contribution in [3.63, 3.8) is 0 Å². The van der Waals surface area contributed by atoms with Gasteiger partial charge in [-0.05, 0) is 34.1 Å². The Morgan fingerprint density at radius 3 is 2.94 bits per heavy atom. The van der Waals surface area contributed by atoms with Crippen molar-refractivity contribution < 1.29 is 4.42 Å². The Labute approximate surface area is 99.5 Å². The first kappa shape index (κ1) is 9.47. The molecular weight excluding hydrogens is 270 g/mol. The van der Waals surface area contributed by atoms with Gasteiger partial charge in [0.15, 0.2) is 0 Å². The number of nitrogens with zero attached hydrogens (tertiary/aromatic N) is 3. The van der Waals surface area contributed by atoms with Crippen LogP contribution < -0.4 is 0 Å². The highest BCUT2D eigenvalue weighted by molar-refractivity contribution is 9.10. The van der Waals surface area contributed by atoms with E-state index in [1.165, 1.54) is 0 Å². The lowest BCUT2D eigenvalue weighted by molar-refractivity contribution is 0.605. The Morgan fingerprint density at radius 2 is 2.12 bits per heavy atom. The van der Waals surface area contributed by atoms with Gasteiger partial charge in [0.25, 0.3) is 0 Å². The highest BCUT2D eigenvalue weighted by atomic mass is 79.9. The van der Waals surface area contributed by atoms with E-state index in [-0.39, 0.29) is 0 Å². The summed E-state index contributed by atoms with van der Waals surface area (Å²) in [6, 6.07) is 7.44. The molecule has 0 fully saturated rings. The predicted molar refractivity (Wildman–Crippen MR) is 62.7 cm³/mol. The quantitative estimate of drug-likeness (QED) is 0.685. The molecule has 0 atom stereocenters. The highest BCUT2D eigenvalue weighted by Gasteiger charge is 2.09. The van der Waals surface area contributed by atoms with E-state index in [1.54, 1.807) is 12.4 Å². The summed E-state index contributed by atoms with van der Waals surface area (Å²) in [6.07, 6.45) is 3.38. The molecule has 5 heteroatoms. The molecule has 3 aromatic rings. The van der Waals surface area contributed by atoms with Gasteiger partial charge in [0.05, 0.1) is 0 Å². The second-order valence-corrected chi connectivity index (χ2v) is 4.13. The number of halogens is 1. The van der Waals surface area contributed by atoms with Gasteiger partial charge < -0.3 is 4.42 Å². The molecule has 0 amide bonds. The van der Waals surface area contributed by atoms with E-state index in [1.807, 2.05) is 24.3 Å². The lowest BCUT2D eigenvalue weighted by Crippen LogP contribution is -1.80. The van der Waals surface area contributed by atoms with Crippen LogP contribution in [-0.2, 0) is 0 Å². The molecule has 0 spiro atoms. The van der Waals surface area contributed by atoms with Crippen molar-refractivity contribution in [1.29, 1.82) is 0 Å². The maximum atomic E-state index is 5.50. The minimum Gasteiger partial charge on any atom is -0.416 e. The first-order valence-electron chi connectivity index (χ1n) is 4.66. The molecule has 3 heterocycles. The molecule has 78 valence electrons. The monoisotopic (exact) mass is 275 g/mol. The molecule has 0 radical (unpaired) electrons. The first-order valence-corrected chi connectivity index (χ1v) is 5.46. The van der Waals surface area contributed by atoms with E-state index in [4.69, 9.17) is 4.42 Å². The molecule has 4 nitrogen and oxygen atoms in total. The third-order valence-corrected chi connectivity index (χ3v) is 2.53. The summed E-state index contributed by atoms with van der Waals surface area (Å²) in [6.45, 7) is 0. The Hall–Kier alpha value is -1.75. The molecule has 0 N–H and O–H groups in total. The summed E-state index contributed by atoms with van der Waals surface area (Å²) >= 11 is 3.34. The standard InChI is InChI=1S/C11H6BrN3O/c12-7-5-9-10(14-6-7)16-11(15-9)8-3-1-2-4-13-8/h1-6H. The van der Waals surface area contributed by atoms with Gasteiger partial charge in [0.1, 0.15) is 11.2 Å².